The maximum Gasteiger partial charge on any atom is 0.253 e. The van der Waals surface area contributed by atoms with Gasteiger partial charge >= 0.3 is 0 Å². The maximum atomic E-state index is 12.0. The molecule has 1 saturated heterocycles. The molecule has 0 aliphatic carbocycles. The van der Waals surface area contributed by atoms with Gasteiger partial charge in [0.15, 0.2) is 5.96 Å². The first-order chi connectivity index (χ1) is 14.9. The summed E-state index contributed by atoms with van der Waals surface area (Å²) in [5.41, 5.74) is 4.28. The molecule has 31 heavy (non-hydrogen) atoms. The third-order valence-corrected chi connectivity index (χ3v) is 5.88. The Bertz CT molecular complexity index is 926. The van der Waals surface area contributed by atoms with Crippen molar-refractivity contribution < 1.29 is 4.79 Å². The van der Waals surface area contributed by atoms with Crippen molar-refractivity contribution in [1.29, 1.82) is 0 Å². The van der Waals surface area contributed by atoms with Crippen LogP contribution in [0.4, 0.5) is 5.69 Å². The van der Waals surface area contributed by atoms with Crippen LogP contribution in [0.5, 0.6) is 0 Å². The number of benzene rings is 2. The summed E-state index contributed by atoms with van der Waals surface area (Å²) in [6, 6.07) is 13.8. The predicted octanol–water partition coefficient (Wildman–Crippen LogP) is 3.54. The SMILES string of the molecule is CN=C(NCc1ccc(C(=O)N(C)C)cc1)NCC1CCN(c2cc(Cl)ccc2C)C1. The normalized spacial score (nSPS) is 16.4. The van der Waals surface area contributed by atoms with Crippen LogP contribution in [0.2, 0.25) is 5.02 Å². The number of anilines is 1. The van der Waals surface area contributed by atoms with Gasteiger partial charge in [-0.1, -0.05) is 29.8 Å². The fourth-order valence-electron chi connectivity index (χ4n) is 3.81. The van der Waals surface area contributed by atoms with Crippen molar-refractivity contribution in [1.82, 2.24) is 15.5 Å². The van der Waals surface area contributed by atoms with Crippen LogP contribution in [-0.2, 0) is 6.54 Å². The fourth-order valence-corrected chi connectivity index (χ4v) is 3.98. The molecule has 0 aromatic heterocycles. The van der Waals surface area contributed by atoms with Gasteiger partial charge in [-0.2, -0.15) is 0 Å². The van der Waals surface area contributed by atoms with E-state index >= 15 is 0 Å². The zero-order valence-electron chi connectivity index (χ0n) is 18.8. The Morgan fingerprint density at radius 1 is 1.19 bits per heavy atom. The number of amides is 1. The first-order valence-corrected chi connectivity index (χ1v) is 11.0. The Labute approximate surface area is 190 Å². The zero-order valence-corrected chi connectivity index (χ0v) is 19.5. The smallest absolute Gasteiger partial charge is 0.253 e. The molecule has 7 heteroatoms. The lowest BCUT2D eigenvalue weighted by molar-refractivity contribution is 0.0827. The van der Waals surface area contributed by atoms with Gasteiger partial charge < -0.3 is 20.4 Å². The number of rotatable bonds is 6. The number of carbonyl (C=O) groups excluding carboxylic acids is 1. The molecule has 1 atom stereocenters. The molecule has 1 heterocycles. The van der Waals surface area contributed by atoms with Crippen LogP contribution in [0.3, 0.4) is 0 Å². The number of hydrogen-bond acceptors (Lipinski definition) is 3. The van der Waals surface area contributed by atoms with Gasteiger partial charge in [0.2, 0.25) is 0 Å². The predicted molar refractivity (Wildman–Crippen MR) is 129 cm³/mol. The van der Waals surface area contributed by atoms with Gasteiger partial charge in [-0.25, -0.2) is 0 Å². The molecule has 2 aromatic carbocycles. The van der Waals surface area contributed by atoms with E-state index in [1.807, 2.05) is 30.3 Å². The van der Waals surface area contributed by atoms with Crippen molar-refractivity contribution in [2.24, 2.45) is 10.9 Å². The third kappa shape index (κ3) is 6.14. The number of halogens is 1. The largest absolute Gasteiger partial charge is 0.371 e. The first kappa shape index (κ1) is 22.9. The minimum atomic E-state index is 0.00978. The van der Waals surface area contributed by atoms with Crippen molar-refractivity contribution in [2.45, 2.75) is 19.9 Å². The van der Waals surface area contributed by atoms with Gasteiger partial charge in [-0.15, -0.1) is 0 Å². The third-order valence-electron chi connectivity index (χ3n) is 5.65. The Hall–Kier alpha value is -2.73. The molecule has 1 fully saturated rings. The second kappa shape index (κ2) is 10.5. The second-order valence-electron chi connectivity index (χ2n) is 8.23. The molecule has 2 N–H and O–H groups in total. The summed E-state index contributed by atoms with van der Waals surface area (Å²) >= 11 is 6.19. The highest BCUT2D eigenvalue weighted by Gasteiger charge is 2.24. The van der Waals surface area contributed by atoms with Crippen LogP contribution in [0.15, 0.2) is 47.5 Å². The van der Waals surface area contributed by atoms with E-state index in [1.165, 1.54) is 11.3 Å². The fraction of sp³-hybridized carbons (Fsp3) is 0.417. The highest BCUT2D eigenvalue weighted by Crippen LogP contribution is 2.29. The molecule has 1 aliphatic heterocycles. The van der Waals surface area contributed by atoms with Crippen molar-refractivity contribution in [2.75, 3.05) is 45.7 Å². The van der Waals surface area contributed by atoms with Crippen molar-refractivity contribution in [3.05, 3.63) is 64.2 Å². The van der Waals surface area contributed by atoms with E-state index in [1.54, 1.807) is 26.0 Å². The van der Waals surface area contributed by atoms with Gasteiger partial charge in [0.05, 0.1) is 0 Å². The minimum absolute atomic E-state index is 0.00978. The van der Waals surface area contributed by atoms with Crippen LogP contribution in [0.1, 0.15) is 27.9 Å². The van der Waals surface area contributed by atoms with Gasteiger partial charge in [0.1, 0.15) is 0 Å². The number of nitrogens with zero attached hydrogens (tertiary/aromatic N) is 3. The number of hydrogen-bond donors (Lipinski definition) is 2. The molecule has 0 spiro atoms. The van der Waals surface area contributed by atoms with Crippen LogP contribution >= 0.6 is 11.6 Å². The standard InChI is InChI=1S/C24H32ClN5O/c1-17-5-10-21(25)13-22(17)30-12-11-19(16-30)15-28-24(26-2)27-14-18-6-8-20(9-7-18)23(31)29(3)4/h5-10,13,19H,11-12,14-16H2,1-4H3,(H2,26,27,28). The molecule has 0 saturated carbocycles. The summed E-state index contributed by atoms with van der Waals surface area (Å²) in [4.78, 5) is 20.3. The Morgan fingerprint density at radius 2 is 1.94 bits per heavy atom. The molecule has 166 valence electrons. The zero-order chi connectivity index (χ0) is 22.4. The molecular weight excluding hydrogens is 410 g/mol. The summed E-state index contributed by atoms with van der Waals surface area (Å²) in [7, 11) is 5.30. The molecule has 1 aliphatic rings. The minimum Gasteiger partial charge on any atom is -0.371 e. The Morgan fingerprint density at radius 3 is 2.61 bits per heavy atom. The van der Waals surface area contributed by atoms with E-state index in [9.17, 15) is 4.79 Å². The monoisotopic (exact) mass is 441 g/mol. The lowest BCUT2D eigenvalue weighted by atomic mass is 10.1. The Kier molecular flexibility index (Phi) is 7.80. The number of aryl methyl sites for hydroxylation is 1. The molecule has 0 bridgehead atoms. The van der Waals surface area contributed by atoms with Crippen molar-refractivity contribution >= 4 is 29.2 Å². The Balaban J connectivity index is 1.47. The molecular formula is C24H32ClN5O. The topological polar surface area (TPSA) is 60.0 Å². The summed E-state index contributed by atoms with van der Waals surface area (Å²) in [6.45, 7) is 5.69. The molecule has 6 nitrogen and oxygen atoms in total. The number of guanidine groups is 1. The molecule has 1 amide bonds. The number of nitrogens with one attached hydrogen (secondary N) is 2. The van der Waals surface area contributed by atoms with E-state index in [4.69, 9.17) is 11.6 Å². The average Bonchev–Trinajstić information content (AvgIpc) is 3.24. The van der Waals surface area contributed by atoms with Gasteiger partial charge in [0.25, 0.3) is 5.91 Å². The van der Waals surface area contributed by atoms with Crippen LogP contribution in [-0.4, -0.2) is 57.5 Å². The maximum absolute atomic E-state index is 12.0. The van der Waals surface area contributed by atoms with Crippen LogP contribution < -0.4 is 15.5 Å². The summed E-state index contributed by atoms with van der Waals surface area (Å²) in [6.07, 6.45) is 1.14. The highest BCUT2D eigenvalue weighted by molar-refractivity contribution is 6.30. The van der Waals surface area contributed by atoms with E-state index < -0.39 is 0 Å². The average molecular weight is 442 g/mol. The highest BCUT2D eigenvalue weighted by atomic mass is 35.5. The summed E-state index contributed by atoms with van der Waals surface area (Å²) in [5, 5.41) is 7.59. The second-order valence-corrected chi connectivity index (χ2v) is 8.67. The van der Waals surface area contributed by atoms with E-state index in [0.29, 0.717) is 18.0 Å². The molecule has 2 aromatic rings. The molecule has 3 rings (SSSR count). The van der Waals surface area contributed by atoms with E-state index in [2.05, 4.69) is 39.6 Å². The van der Waals surface area contributed by atoms with Crippen LogP contribution in [0.25, 0.3) is 0 Å². The number of aliphatic imine (C=N–C) groups is 1. The summed E-state index contributed by atoms with van der Waals surface area (Å²) in [5.74, 6) is 1.34. The van der Waals surface area contributed by atoms with E-state index in [-0.39, 0.29) is 5.91 Å². The lowest BCUT2D eigenvalue weighted by Gasteiger charge is -2.21. The van der Waals surface area contributed by atoms with E-state index in [0.717, 1.165) is 42.6 Å². The van der Waals surface area contributed by atoms with Gasteiger partial charge in [0, 0.05) is 63.6 Å². The summed E-state index contributed by atoms with van der Waals surface area (Å²) < 4.78 is 0. The van der Waals surface area contributed by atoms with Gasteiger partial charge in [-0.3, -0.25) is 9.79 Å². The van der Waals surface area contributed by atoms with Gasteiger partial charge in [-0.05, 0) is 54.7 Å². The number of carbonyl (C=O) groups is 1. The molecule has 1 unspecified atom stereocenters. The van der Waals surface area contributed by atoms with Crippen molar-refractivity contribution in [3.8, 4) is 0 Å². The lowest BCUT2D eigenvalue weighted by Crippen LogP contribution is -2.40. The first-order valence-electron chi connectivity index (χ1n) is 10.6. The quantitative estimate of drug-likeness (QED) is 0.531. The molecule has 0 radical (unpaired) electrons. The van der Waals surface area contributed by atoms with Crippen molar-refractivity contribution in [3.63, 3.8) is 0 Å². The van der Waals surface area contributed by atoms with Crippen LogP contribution in [0, 0.1) is 12.8 Å².